The van der Waals surface area contributed by atoms with Gasteiger partial charge in [0.05, 0.1) is 10.5 Å². The van der Waals surface area contributed by atoms with Crippen molar-refractivity contribution in [1.29, 1.82) is 0 Å². The Balaban J connectivity index is 1.77. The van der Waals surface area contributed by atoms with Crippen LogP contribution in [-0.4, -0.2) is 25.7 Å². The van der Waals surface area contributed by atoms with Gasteiger partial charge in [0, 0.05) is 41.5 Å². The van der Waals surface area contributed by atoms with E-state index >= 15 is 0 Å². The highest BCUT2D eigenvalue weighted by molar-refractivity contribution is 7.16. The first-order chi connectivity index (χ1) is 17.3. The van der Waals surface area contributed by atoms with Crippen LogP contribution >= 0.6 is 11.3 Å². The number of nitrogens with zero attached hydrogens (tertiary/aromatic N) is 2. The maximum absolute atomic E-state index is 14.0. The number of aliphatic hydroxyl groups is 1. The molecule has 3 N–H and O–H groups in total. The monoisotopic (exact) mass is 523 g/mol. The van der Waals surface area contributed by atoms with E-state index < -0.39 is 11.5 Å². The molecule has 1 aromatic carbocycles. The van der Waals surface area contributed by atoms with E-state index in [9.17, 15) is 19.1 Å². The highest BCUT2D eigenvalue weighted by Gasteiger charge is 2.32. The minimum Gasteiger partial charge on any atom is -0.455 e. The van der Waals surface area contributed by atoms with Crippen LogP contribution in [0.15, 0.2) is 35.3 Å². The Hall–Kier alpha value is -3.43. The molecule has 194 valence electrons. The number of carbonyl (C=O) groups is 1. The second kappa shape index (κ2) is 8.85. The van der Waals surface area contributed by atoms with E-state index in [1.807, 2.05) is 6.07 Å². The van der Waals surface area contributed by atoms with Gasteiger partial charge in [-0.15, -0.1) is 11.3 Å². The number of ether oxygens (including phenoxy) is 1. The molecule has 1 aliphatic carbocycles. The van der Waals surface area contributed by atoms with Crippen LogP contribution in [-0.2, 0) is 13.5 Å². The Morgan fingerprint density at radius 1 is 1.22 bits per heavy atom. The molecule has 0 aliphatic heterocycles. The van der Waals surface area contributed by atoms with Gasteiger partial charge in [0.15, 0.2) is 0 Å². The molecule has 1 amide bonds. The SMILES string of the molecule is Cc1cc(F)cc(C)c1Oc1cc(CC(C)(C)O)sc1-c1cn(C)c(=O)c2c1cc(C(N)=O)n2C1CC1. The average molecular weight is 524 g/mol. The van der Waals surface area contributed by atoms with Gasteiger partial charge in [-0.2, -0.15) is 0 Å². The van der Waals surface area contributed by atoms with Crippen molar-refractivity contribution >= 4 is 28.1 Å². The summed E-state index contributed by atoms with van der Waals surface area (Å²) in [6.45, 7) is 7.05. The molecular weight excluding hydrogens is 493 g/mol. The lowest BCUT2D eigenvalue weighted by atomic mass is 10.0. The van der Waals surface area contributed by atoms with Gasteiger partial charge in [-0.05, 0) is 75.9 Å². The molecule has 0 atom stereocenters. The molecule has 4 aromatic rings. The molecule has 1 fully saturated rings. The number of primary amides is 1. The summed E-state index contributed by atoms with van der Waals surface area (Å²) < 4.78 is 23.7. The van der Waals surface area contributed by atoms with Crippen LogP contribution in [0.25, 0.3) is 21.3 Å². The third kappa shape index (κ3) is 4.69. The average Bonchev–Trinajstić information content (AvgIpc) is 3.42. The normalized spacial score (nSPS) is 13.9. The maximum atomic E-state index is 14.0. The number of aryl methyl sites for hydroxylation is 3. The number of aromatic nitrogens is 2. The minimum atomic E-state index is -0.950. The molecule has 3 heterocycles. The topological polar surface area (TPSA) is 99.5 Å². The second-order valence-corrected chi connectivity index (χ2v) is 11.7. The van der Waals surface area contributed by atoms with Crippen molar-refractivity contribution < 1.29 is 19.0 Å². The van der Waals surface area contributed by atoms with E-state index in [0.717, 1.165) is 28.2 Å². The van der Waals surface area contributed by atoms with Gasteiger partial charge in [0.25, 0.3) is 11.5 Å². The summed E-state index contributed by atoms with van der Waals surface area (Å²) in [5, 5.41) is 11.1. The summed E-state index contributed by atoms with van der Waals surface area (Å²) in [5.74, 6) is 0.154. The molecule has 0 saturated heterocycles. The minimum absolute atomic E-state index is 0.0669. The van der Waals surface area contributed by atoms with Crippen molar-refractivity contribution in [1.82, 2.24) is 9.13 Å². The van der Waals surface area contributed by atoms with Crippen molar-refractivity contribution in [3.63, 3.8) is 0 Å². The number of fused-ring (bicyclic) bond motifs is 1. The number of hydrogen-bond donors (Lipinski definition) is 2. The third-order valence-electron chi connectivity index (χ3n) is 6.57. The third-order valence-corrected chi connectivity index (χ3v) is 7.72. The molecule has 0 unspecified atom stereocenters. The zero-order chi connectivity index (χ0) is 26.8. The van der Waals surface area contributed by atoms with Gasteiger partial charge >= 0.3 is 0 Å². The summed E-state index contributed by atoms with van der Waals surface area (Å²) in [6.07, 6.45) is 3.89. The van der Waals surface area contributed by atoms with Crippen LogP contribution in [0.2, 0.25) is 0 Å². The van der Waals surface area contributed by atoms with E-state index in [1.54, 1.807) is 51.6 Å². The summed E-state index contributed by atoms with van der Waals surface area (Å²) >= 11 is 1.45. The molecule has 9 heteroatoms. The smallest absolute Gasteiger partial charge is 0.274 e. The van der Waals surface area contributed by atoms with Crippen molar-refractivity contribution in [2.24, 2.45) is 12.8 Å². The lowest BCUT2D eigenvalue weighted by molar-refractivity contribution is 0.0818. The maximum Gasteiger partial charge on any atom is 0.274 e. The summed E-state index contributed by atoms with van der Waals surface area (Å²) in [7, 11) is 1.68. The van der Waals surface area contributed by atoms with Crippen LogP contribution in [0.5, 0.6) is 11.5 Å². The van der Waals surface area contributed by atoms with Crippen molar-refractivity contribution in [3.8, 4) is 21.9 Å². The van der Waals surface area contributed by atoms with E-state index in [0.29, 0.717) is 45.6 Å². The number of nitrogens with two attached hydrogens (primary N) is 1. The lowest BCUT2D eigenvalue weighted by Gasteiger charge is -2.15. The first kappa shape index (κ1) is 25.2. The first-order valence-corrected chi connectivity index (χ1v) is 13.0. The summed E-state index contributed by atoms with van der Waals surface area (Å²) in [5.41, 5.74) is 7.34. The zero-order valence-corrected chi connectivity index (χ0v) is 22.3. The number of halogens is 1. The van der Waals surface area contributed by atoms with Crippen LogP contribution < -0.4 is 16.0 Å². The van der Waals surface area contributed by atoms with Gasteiger partial charge < -0.3 is 24.7 Å². The Labute approximate surface area is 217 Å². The largest absolute Gasteiger partial charge is 0.455 e. The quantitative estimate of drug-likeness (QED) is 0.340. The van der Waals surface area contributed by atoms with Gasteiger partial charge in [0.2, 0.25) is 0 Å². The molecule has 3 aromatic heterocycles. The molecule has 1 aliphatic rings. The van der Waals surface area contributed by atoms with Gasteiger partial charge in [0.1, 0.15) is 28.5 Å². The van der Waals surface area contributed by atoms with Crippen LogP contribution in [0, 0.1) is 19.7 Å². The number of pyridine rings is 1. The second-order valence-electron chi connectivity index (χ2n) is 10.6. The van der Waals surface area contributed by atoms with E-state index in [2.05, 4.69) is 0 Å². The summed E-state index contributed by atoms with van der Waals surface area (Å²) in [6, 6.07) is 6.48. The van der Waals surface area contributed by atoms with Crippen LogP contribution in [0.3, 0.4) is 0 Å². The number of hydrogen-bond acceptors (Lipinski definition) is 5. The Morgan fingerprint density at radius 3 is 2.43 bits per heavy atom. The predicted molar refractivity (Wildman–Crippen MR) is 143 cm³/mol. The predicted octanol–water partition coefficient (Wildman–Crippen LogP) is 5.36. The Kier molecular flexibility index (Phi) is 6.03. The standard InChI is InChI=1S/C28H30FN3O4S/c1-14-8-16(29)9-15(2)24(14)36-22-10-18(12-28(3,4)35)37-25(22)20-13-31(5)27(34)23-19(20)11-21(26(30)33)32(23)17-6-7-17/h8-11,13,17,35H,6-7,12H2,1-5H3,(H2,30,33). The molecule has 7 nitrogen and oxygen atoms in total. The lowest BCUT2D eigenvalue weighted by Crippen LogP contribution is -2.21. The molecule has 0 spiro atoms. The molecular formula is C28H30FN3O4S. The van der Waals surface area contributed by atoms with Gasteiger partial charge in [-0.1, -0.05) is 0 Å². The molecule has 1 saturated carbocycles. The van der Waals surface area contributed by atoms with Crippen LogP contribution in [0.4, 0.5) is 4.39 Å². The number of benzene rings is 1. The number of carbonyl (C=O) groups excluding carboxylic acids is 1. The highest BCUT2D eigenvalue weighted by atomic mass is 32.1. The molecule has 0 bridgehead atoms. The van der Waals surface area contributed by atoms with Crippen molar-refractivity contribution in [3.05, 3.63) is 68.3 Å². The molecule has 5 rings (SSSR count). The fraction of sp³-hybridized carbons (Fsp3) is 0.357. The number of thiophene rings is 1. The van der Waals surface area contributed by atoms with Gasteiger partial charge in [-0.25, -0.2) is 4.39 Å². The van der Waals surface area contributed by atoms with E-state index in [1.165, 1.54) is 28.0 Å². The number of amides is 1. The van der Waals surface area contributed by atoms with Crippen molar-refractivity contribution in [2.45, 2.75) is 58.6 Å². The Bertz CT molecular complexity index is 1600. The molecule has 0 radical (unpaired) electrons. The first-order valence-electron chi connectivity index (χ1n) is 12.2. The van der Waals surface area contributed by atoms with Gasteiger partial charge in [-0.3, -0.25) is 9.59 Å². The van der Waals surface area contributed by atoms with E-state index in [-0.39, 0.29) is 17.4 Å². The van der Waals surface area contributed by atoms with Crippen molar-refractivity contribution in [2.75, 3.05) is 0 Å². The Morgan fingerprint density at radius 2 is 1.86 bits per heavy atom. The fourth-order valence-electron chi connectivity index (χ4n) is 4.89. The number of rotatable bonds is 7. The zero-order valence-electron chi connectivity index (χ0n) is 21.5. The van der Waals surface area contributed by atoms with Crippen LogP contribution in [0.1, 0.15) is 59.2 Å². The molecule has 37 heavy (non-hydrogen) atoms. The van der Waals surface area contributed by atoms with E-state index in [4.69, 9.17) is 10.5 Å². The highest BCUT2D eigenvalue weighted by Crippen LogP contribution is 2.46. The summed E-state index contributed by atoms with van der Waals surface area (Å²) in [4.78, 5) is 27.3. The fourth-order valence-corrected chi connectivity index (χ4v) is 6.22.